The van der Waals surface area contributed by atoms with Gasteiger partial charge in [-0.15, -0.1) is 0 Å². The summed E-state index contributed by atoms with van der Waals surface area (Å²) < 4.78 is 11.3. The highest BCUT2D eigenvalue weighted by Crippen LogP contribution is 2.31. The number of carbonyl (C=O) groups is 2. The van der Waals surface area contributed by atoms with Gasteiger partial charge in [-0.05, 0) is 56.6 Å². The van der Waals surface area contributed by atoms with Crippen molar-refractivity contribution in [2.24, 2.45) is 5.92 Å². The minimum Gasteiger partial charge on any atom is -0.493 e. The maximum Gasteiger partial charge on any atom is 0.407 e. The van der Waals surface area contributed by atoms with Crippen molar-refractivity contribution in [1.82, 2.24) is 10.2 Å². The number of piperidine rings is 1. The highest BCUT2D eigenvalue weighted by molar-refractivity contribution is 5.94. The number of carbonyl (C=O) groups excluding carboxylic acids is 2. The summed E-state index contributed by atoms with van der Waals surface area (Å²) in [7, 11) is 0. The number of nitrogens with zero attached hydrogens (tertiary/aromatic N) is 1. The lowest BCUT2D eigenvalue weighted by Crippen LogP contribution is -2.45. The topological polar surface area (TPSA) is 79.9 Å². The Hall–Kier alpha value is -2.28. The van der Waals surface area contributed by atoms with Crippen molar-refractivity contribution in [3.05, 3.63) is 23.8 Å². The normalized spacial score (nSPS) is 19.9. The molecule has 4 rings (SSSR count). The van der Waals surface area contributed by atoms with Crippen LogP contribution < -0.4 is 15.4 Å². The Labute approximate surface area is 172 Å². The van der Waals surface area contributed by atoms with Crippen LogP contribution in [0, 0.1) is 5.92 Å². The quantitative estimate of drug-likeness (QED) is 0.655. The second-order valence-electron chi connectivity index (χ2n) is 8.33. The van der Waals surface area contributed by atoms with Crippen molar-refractivity contribution in [2.45, 2.75) is 51.0 Å². The van der Waals surface area contributed by atoms with Crippen LogP contribution in [0.5, 0.6) is 5.75 Å². The lowest BCUT2D eigenvalue weighted by molar-refractivity contribution is -0.116. The molecule has 2 amide bonds. The standard InChI is InChI=1S/C22H31N3O4/c26-21-8-7-18-19(24-21)3-1-4-20(18)28-14-2-11-25-12-9-17(10-13-25)23-22(27)29-15-16-5-6-16/h1,3-4,16-17H,2,5-15H2,(H,23,27)(H,24,26). The molecular weight excluding hydrogens is 370 g/mol. The molecule has 1 saturated heterocycles. The molecule has 0 radical (unpaired) electrons. The van der Waals surface area contributed by atoms with E-state index in [0.29, 0.717) is 25.6 Å². The Morgan fingerprint density at radius 1 is 1.17 bits per heavy atom. The van der Waals surface area contributed by atoms with Gasteiger partial charge in [0.05, 0.1) is 13.2 Å². The predicted molar refractivity (Wildman–Crippen MR) is 110 cm³/mol. The van der Waals surface area contributed by atoms with E-state index in [1.54, 1.807) is 0 Å². The molecule has 0 spiro atoms. The lowest BCUT2D eigenvalue weighted by atomic mass is 10.0. The molecule has 0 bridgehead atoms. The first kappa shape index (κ1) is 20.0. The van der Waals surface area contributed by atoms with Crippen molar-refractivity contribution in [3.8, 4) is 5.75 Å². The van der Waals surface area contributed by atoms with Gasteiger partial charge in [-0.3, -0.25) is 4.79 Å². The molecule has 0 aromatic heterocycles. The van der Waals surface area contributed by atoms with E-state index in [1.807, 2.05) is 18.2 Å². The van der Waals surface area contributed by atoms with Gasteiger partial charge in [-0.25, -0.2) is 4.79 Å². The molecule has 158 valence electrons. The molecule has 1 aromatic rings. The summed E-state index contributed by atoms with van der Waals surface area (Å²) in [6.07, 6.45) is 6.27. The van der Waals surface area contributed by atoms with E-state index in [9.17, 15) is 9.59 Å². The van der Waals surface area contributed by atoms with Gasteiger partial charge < -0.3 is 25.0 Å². The number of anilines is 1. The summed E-state index contributed by atoms with van der Waals surface area (Å²) in [4.78, 5) is 25.8. The molecule has 1 saturated carbocycles. The number of fused-ring (bicyclic) bond motifs is 1. The van der Waals surface area contributed by atoms with Crippen LogP contribution in [0.3, 0.4) is 0 Å². The number of hydrogen-bond donors (Lipinski definition) is 2. The first-order valence-corrected chi connectivity index (χ1v) is 10.9. The summed E-state index contributed by atoms with van der Waals surface area (Å²) >= 11 is 0. The minimum absolute atomic E-state index is 0.0729. The van der Waals surface area contributed by atoms with Gasteiger partial charge in [-0.2, -0.15) is 0 Å². The maximum absolute atomic E-state index is 11.8. The molecule has 7 heteroatoms. The lowest BCUT2D eigenvalue weighted by Gasteiger charge is -2.32. The van der Waals surface area contributed by atoms with Crippen molar-refractivity contribution < 1.29 is 19.1 Å². The third kappa shape index (κ3) is 5.85. The Morgan fingerprint density at radius 2 is 2.00 bits per heavy atom. The third-order valence-electron chi connectivity index (χ3n) is 5.94. The van der Waals surface area contributed by atoms with Gasteiger partial charge in [-0.1, -0.05) is 6.07 Å². The predicted octanol–water partition coefficient (Wildman–Crippen LogP) is 2.94. The molecule has 0 atom stereocenters. The Morgan fingerprint density at radius 3 is 2.79 bits per heavy atom. The zero-order valence-electron chi connectivity index (χ0n) is 17.0. The van der Waals surface area contributed by atoms with Crippen LogP contribution in [0.2, 0.25) is 0 Å². The van der Waals surface area contributed by atoms with Crippen LogP contribution in [0.1, 0.15) is 44.1 Å². The van der Waals surface area contributed by atoms with Gasteiger partial charge in [0.1, 0.15) is 5.75 Å². The summed E-state index contributed by atoms with van der Waals surface area (Å²) in [5, 5.41) is 5.91. The van der Waals surface area contributed by atoms with Gasteiger partial charge in [0.15, 0.2) is 0 Å². The van der Waals surface area contributed by atoms with Gasteiger partial charge in [0, 0.05) is 43.3 Å². The van der Waals surface area contributed by atoms with E-state index in [4.69, 9.17) is 9.47 Å². The van der Waals surface area contributed by atoms with Crippen LogP contribution >= 0.6 is 0 Å². The molecule has 2 heterocycles. The number of nitrogens with one attached hydrogen (secondary N) is 2. The van der Waals surface area contributed by atoms with Crippen molar-refractivity contribution in [2.75, 3.05) is 38.2 Å². The Bertz CT molecular complexity index is 727. The molecule has 1 aromatic carbocycles. The molecule has 3 aliphatic rings. The zero-order chi connectivity index (χ0) is 20.1. The van der Waals surface area contributed by atoms with Crippen LogP contribution in [-0.2, 0) is 16.0 Å². The molecule has 1 aliphatic carbocycles. The number of benzene rings is 1. The molecule has 2 fully saturated rings. The largest absolute Gasteiger partial charge is 0.493 e. The monoisotopic (exact) mass is 401 g/mol. The number of ether oxygens (including phenoxy) is 2. The smallest absolute Gasteiger partial charge is 0.407 e. The highest BCUT2D eigenvalue weighted by Gasteiger charge is 2.25. The molecule has 2 aliphatic heterocycles. The second kappa shape index (κ2) is 9.48. The fourth-order valence-electron chi connectivity index (χ4n) is 3.98. The molecule has 2 N–H and O–H groups in total. The summed E-state index contributed by atoms with van der Waals surface area (Å²) in [6.45, 7) is 4.20. The maximum atomic E-state index is 11.8. The van der Waals surface area contributed by atoms with Crippen LogP contribution in [0.15, 0.2) is 18.2 Å². The van der Waals surface area contributed by atoms with Gasteiger partial charge in [0.25, 0.3) is 0 Å². The van der Waals surface area contributed by atoms with Gasteiger partial charge >= 0.3 is 6.09 Å². The van der Waals surface area contributed by atoms with Crippen LogP contribution in [0.25, 0.3) is 0 Å². The zero-order valence-corrected chi connectivity index (χ0v) is 17.0. The van der Waals surface area contributed by atoms with E-state index >= 15 is 0 Å². The summed E-state index contributed by atoms with van der Waals surface area (Å²) in [5.41, 5.74) is 1.98. The fourth-order valence-corrected chi connectivity index (χ4v) is 3.98. The highest BCUT2D eigenvalue weighted by atomic mass is 16.5. The number of amides is 2. The summed E-state index contributed by atoms with van der Waals surface area (Å²) in [6, 6.07) is 6.06. The van der Waals surface area contributed by atoms with Crippen molar-refractivity contribution in [1.29, 1.82) is 0 Å². The number of alkyl carbamates (subject to hydrolysis) is 1. The third-order valence-corrected chi connectivity index (χ3v) is 5.94. The van der Waals surface area contributed by atoms with Crippen LogP contribution in [-0.4, -0.2) is 55.8 Å². The first-order chi connectivity index (χ1) is 14.2. The Kier molecular flexibility index (Phi) is 6.54. The van der Waals surface area contributed by atoms with E-state index in [1.165, 1.54) is 12.8 Å². The first-order valence-electron chi connectivity index (χ1n) is 10.9. The van der Waals surface area contributed by atoms with Gasteiger partial charge in [0.2, 0.25) is 5.91 Å². The molecule has 29 heavy (non-hydrogen) atoms. The van der Waals surface area contributed by atoms with E-state index < -0.39 is 0 Å². The van der Waals surface area contributed by atoms with E-state index in [-0.39, 0.29) is 18.0 Å². The average molecular weight is 402 g/mol. The Balaban J connectivity index is 1.11. The van der Waals surface area contributed by atoms with Crippen molar-refractivity contribution >= 4 is 17.7 Å². The average Bonchev–Trinajstić information content (AvgIpc) is 3.55. The van der Waals surface area contributed by atoms with Crippen molar-refractivity contribution in [3.63, 3.8) is 0 Å². The number of likely N-dealkylation sites (tertiary alicyclic amines) is 1. The molecule has 7 nitrogen and oxygen atoms in total. The van der Waals surface area contributed by atoms with E-state index in [2.05, 4.69) is 15.5 Å². The van der Waals surface area contributed by atoms with E-state index in [0.717, 1.165) is 62.3 Å². The SMILES string of the molecule is O=C1CCc2c(cccc2OCCCN2CCC(NC(=O)OCC3CC3)CC2)N1. The summed E-state index contributed by atoms with van der Waals surface area (Å²) in [5.74, 6) is 1.56. The fraction of sp³-hybridized carbons (Fsp3) is 0.636. The molecule has 0 unspecified atom stereocenters. The van der Waals surface area contributed by atoms with Crippen LogP contribution in [0.4, 0.5) is 10.5 Å². The second-order valence-corrected chi connectivity index (χ2v) is 8.33. The molecular formula is C22H31N3O4. The minimum atomic E-state index is -0.258. The number of rotatable bonds is 8. The number of hydrogen-bond acceptors (Lipinski definition) is 5.